The van der Waals surface area contributed by atoms with Crippen molar-refractivity contribution in [1.82, 2.24) is 4.90 Å². The van der Waals surface area contributed by atoms with E-state index in [0.29, 0.717) is 12.6 Å². The minimum absolute atomic E-state index is 0.0187. The molecule has 18 heavy (non-hydrogen) atoms. The summed E-state index contributed by atoms with van der Waals surface area (Å²) in [6.45, 7) is 3.88. The maximum absolute atomic E-state index is 5.68. The van der Waals surface area contributed by atoms with Crippen LogP contribution in [0.5, 0.6) is 0 Å². The molecule has 1 aliphatic rings. The second kappa shape index (κ2) is 6.88. The monoisotopic (exact) mass is 249 g/mol. The van der Waals surface area contributed by atoms with Gasteiger partial charge in [0, 0.05) is 6.04 Å². The predicted octanol–water partition coefficient (Wildman–Crippen LogP) is 3.18. The Hall–Kier alpha value is -0.900. The first-order chi connectivity index (χ1) is 8.83. The number of hydrogen-bond donors (Lipinski definition) is 0. The first-order valence-electron chi connectivity index (χ1n) is 6.86. The minimum Gasteiger partial charge on any atom is -0.300 e. The molecule has 2 atom stereocenters. The maximum atomic E-state index is 5.68. The van der Waals surface area contributed by atoms with Gasteiger partial charge in [0.05, 0.1) is 6.61 Å². The van der Waals surface area contributed by atoms with E-state index in [4.69, 9.17) is 9.78 Å². The highest BCUT2D eigenvalue weighted by molar-refractivity contribution is 5.19. The first-order valence-corrected chi connectivity index (χ1v) is 6.86. The second-order valence-corrected chi connectivity index (χ2v) is 4.94. The van der Waals surface area contributed by atoms with Crippen molar-refractivity contribution in [3.05, 3.63) is 35.9 Å². The molecule has 0 N–H and O–H groups in total. The lowest BCUT2D eigenvalue weighted by Crippen LogP contribution is -2.32. The largest absolute Gasteiger partial charge is 0.300 e. The number of hydrogen-bond acceptors (Lipinski definition) is 3. The Balaban J connectivity index is 2.07. The molecule has 1 fully saturated rings. The Morgan fingerprint density at radius 1 is 1.33 bits per heavy atom. The summed E-state index contributed by atoms with van der Waals surface area (Å²) in [6, 6.07) is 10.8. The quantitative estimate of drug-likeness (QED) is 0.439. The minimum atomic E-state index is 0.0187. The summed E-state index contributed by atoms with van der Waals surface area (Å²) >= 11 is 0. The average molecular weight is 249 g/mol. The van der Waals surface area contributed by atoms with Crippen molar-refractivity contribution in [2.45, 2.75) is 38.3 Å². The van der Waals surface area contributed by atoms with Crippen molar-refractivity contribution < 1.29 is 9.78 Å². The van der Waals surface area contributed by atoms with Crippen molar-refractivity contribution in [3.8, 4) is 0 Å². The fraction of sp³-hybridized carbons (Fsp3) is 0.600. The van der Waals surface area contributed by atoms with E-state index >= 15 is 0 Å². The van der Waals surface area contributed by atoms with Gasteiger partial charge in [0.25, 0.3) is 0 Å². The molecule has 0 aromatic heterocycles. The molecule has 1 aliphatic heterocycles. The summed E-state index contributed by atoms with van der Waals surface area (Å²) in [5.74, 6) is 0. The number of likely N-dealkylation sites (tertiary alicyclic amines) is 1. The summed E-state index contributed by atoms with van der Waals surface area (Å²) in [5.41, 5.74) is 1.20. The van der Waals surface area contributed by atoms with Gasteiger partial charge >= 0.3 is 0 Å². The molecule has 1 saturated heterocycles. The van der Waals surface area contributed by atoms with Crippen LogP contribution in [0, 0.1) is 0 Å². The number of benzene rings is 1. The van der Waals surface area contributed by atoms with E-state index in [9.17, 15) is 0 Å². The fourth-order valence-corrected chi connectivity index (χ4v) is 2.51. The molecule has 1 heterocycles. The Morgan fingerprint density at radius 2 is 2.11 bits per heavy atom. The lowest BCUT2D eigenvalue weighted by molar-refractivity contribution is -0.335. The third-order valence-corrected chi connectivity index (χ3v) is 3.51. The van der Waals surface area contributed by atoms with E-state index in [1.54, 1.807) is 0 Å². The zero-order chi connectivity index (χ0) is 12.8. The Kier molecular flexibility index (Phi) is 5.17. The van der Waals surface area contributed by atoms with Crippen molar-refractivity contribution in [2.24, 2.45) is 0 Å². The topological polar surface area (TPSA) is 21.7 Å². The van der Waals surface area contributed by atoms with Gasteiger partial charge in [-0.1, -0.05) is 37.3 Å². The zero-order valence-corrected chi connectivity index (χ0v) is 11.3. The third-order valence-electron chi connectivity index (χ3n) is 3.51. The maximum Gasteiger partial charge on any atom is 0.133 e. The molecular weight excluding hydrogens is 226 g/mol. The molecular formula is C15H23NO2. The predicted molar refractivity (Wildman–Crippen MR) is 72.2 cm³/mol. The van der Waals surface area contributed by atoms with Gasteiger partial charge in [-0.25, -0.2) is 9.78 Å². The highest BCUT2D eigenvalue weighted by atomic mass is 17.2. The summed E-state index contributed by atoms with van der Waals surface area (Å²) in [7, 11) is 2.16. The molecule has 100 valence electrons. The van der Waals surface area contributed by atoms with E-state index in [1.807, 2.05) is 6.07 Å². The van der Waals surface area contributed by atoms with E-state index < -0.39 is 0 Å². The van der Waals surface area contributed by atoms with Gasteiger partial charge in [0.15, 0.2) is 0 Å². The van der Waals surface area contributed by atoms with Crippen LogP contribution >= 0.6 is 0 Å². The van der Waals surface area contributed by atoms with Gasteiger partial charge in [0.1, 0.15) is 6.10 Å². The van der Waals surface area contributed by atoms with Gasteiger partial charge in [-0.3, -0.25) is 0 Å². The highest BCUT2D eigenvalue weighted by Crippen LogP contribution is 2.31. The van der Waals surface area contributed by atoms with Crippen LogP contribution in [-0.4, -0.2) is 31.1 Å². The third kappa shape index (κ3) is 3.31. The molecule has 0 aliphatic carbocycles. The molecule has 2 rings (SSSR count). The van der Waals surface area contributed by atoms with E-state index in [2.05, 4.69) is 43.1 Å². The summed E-state index contributed by atoms with van der Waals surface area (Å²) < 4.78 is 0. The zero-order valence-electron chi connectivity index (χ0n) is 11.3. The van der Waals surface area contributed by atoms with Crippen molar-refractivity contribution in [2.75, 3.05) is 20.2 Å². The molecule has 1 aromatic carbocycles. The molecule has 0 amide bonds. The number of rotatable bonds is 6. The van der Waals surface area contributed by atoms with Crippen LogP contribution in [0.25, 0.3) is 0 Å². The lowest BCUT2D eigenvalue weighted by atomic mass is 10.0. The lowest BCUT2D eigenvalue weighted by Gasteiger charge is -2.28. The van der Waals surface area contributed by atoms with E-state index in [1.165, 1.54) is 18.4 Å². The average Bonchev–Trinajstić information content (AvgIpc) is 2.82. The molecule has 1 aromatic rings. The molecule has 3 nitrogen and oxygen atoms in total. The molecule has 0 unspecified atom stereocenters. The fourth-order valence-electron chi connectivity index (χ4n) is 2.51. The number of likely N-dealkylation sites (N-methyl/N-ethyl adjacent to an activating group) is 1. The van der Waals surface area contributed by atoms with Gasteiger partial charge in [-0.2, -0.15) is 0 Å². The van der Waals surface area contributed by atoms with Crippen LogP contribution in [0.4, 0.5) is 0 Å². The Bertz CT molecular complexity index is 342. The summed E-state index contributed by atoms with van der Waals surface area (Å²) in [6.07, 6.45) is 3.40. The molecule has 0 bridgehead atoms. The smallest absolute Gasteiger partial charge is 0.133 e. The number of nitrogens with zero attached hydrogens (tertiary/aromatic N) is 1. The van der Waals surface area contributed by atoms with Crippen LogP contribution < -0.4 is 0 Å². The molecule has 0 saturated carbocycles. The van der Waals surface area contributed by atoms with E-state index in [0.717, 1.165) is 13.0 Å². The molecule has 0 spiro atoms. The van der Waals surface area contributed by atoms with Crippen molar-refractivity contribution in [3.63, 3.8) is 0 Å². The molecule has 0 radical (unpaired) electrons. The van der Waals surface area contributed by atoms with Crippen LogP contribution in [0.1, 0.15) is 37.9 Å². The van der Waals surface area contributed by atoms with Crippen LogP contribution in [0.3, 0.4) is 0 Å². The first kappa shape index (κ1) is 13.5. The van der Waals surface area contributed by atoms with Gasteiger partial charge in [0.2, 0.25) is 0 Å². The SMILES string of the molecule is CCCOO[C@H](c1ccccc1)[C@@H]1CCCN1C. The van der Waals surface area contributed by atoms with Crippen molar-refractivity contribution in [1.29, 1.82) is 0 Å². The standard InChI is InChI=1S/C15H23NO2/c1-3-12-17-18-15(13-8-5-4-6-9-13)14-10-7-11-16(14)2/h4-6,8-9,14-15H,3,7,10-12H2,1-2H3/t14-,15+/m0/s1. The van der Waals surface area contributed by atoms with Crippen LogP contribution in [-0.2, 0) is 9.78 Å². The van der Waals surface area contributed by atoms with Gasteiger partial charge in [-0.05, 0) is 38.4 Å². The van der Waals surface area contributed by atoms with Crippen LogP contribution in [0.2, 0.25) is 0 Å². The summed E-state index contributed by atoms with van der Waals surface area (Å²) in [5, 5.41) is 0. The van der Waals surface area contributed by atoms with Crippen LogP contribution in [0.15, 0.2) is 30.3 Å². The van der Waals surface area contributed by atoms with Gasteiger partial charge < -0.3 is 4.90 Å². The second-order valence-electron chi connectivity index (χ2n) is 4.94. The molecule has 3 heteroatoms. The summed E-state index contributed by atoms with van der Waals surface area (Å²) in [4.78, 5) is 13.4. The van der Waals surface area contributed by atoms with E-state index in [-0.39, 0.29) is 6.10 Å². The normalized spacial score (nSPS) is 22.2. The van der Waals surface area contributed by atoms with Crippen molar-refractivity contribution >= 4 is 0 Å². The Labute approximate surface area is 110 Å². The highest BCUT2D eigenvalue weighted by Gasteiger charge is 2.31. The Morgan fingerprint density at radius 3 is 2.72 bits per heavy atom. The van der Waals surface area contributed by atoms with Gasteiger partial charge in [-0.15, -0.1) is 0 Å².